The van der Waals surface area contributed by atoms with E-state index in [1.807, 2.05) is 0 Å². The van der Waals surface area contributed by atoms with Crippen LogP contribution >= 0.6 is 0 Å². The van der Waals surface area contributed by atoms with E-state index in [2.05, 4.69) is 4.98 Å². The van der Waals surface area contributed by atoms with Crippen molar-refractivity contribution in [2.45, 2.75) is 11.1 Å². The van der Waals surface area contributed by atoms with Crippen molar-refractivity contribution in [2.24, 2.45) is 0 Å². The summed E-state index contributed by atoms with van der Waals surface area (Å²) in [6.07, 6.45) is -3.68. The van der Waals surface area contributed by atoms with E-state index in [4.69, 9.17) is 4.42 Å². The van der Waals surface area contributed by atoms with E-state index in [0.717, 1.165) is 6.26 Å². The zero-order valence-electron chi connectivity index (χ0n) is 12.9. The highest BCUT2D eigenvalue weighted by Gasteiger charge is 2.39. The van der Waals surface area contributed by atoms with Gasteiger partial charge in [-0.05, 0) is 12.1 Å². The highest BCUT2D eigenvalue weighted by atomic mass is 32.2. The third-order valence-corrected chi connectivity index (χ3v) is 4.59. The van der Waals surface area contributed by atoms with Crippen molar-refractivity contribution >= 4 is 9.84 Å². The molecule has 0 radical (unpaired) electrons. The van der Waals surface area contributed by atoms with Crippen LogP contribution in [0.25, 0.3) is 22.6 Å². The molecule has 0 saturated carbocycles. The van der Waals surface area contributed by atoms with Crippen LogP contribution in [0.4, 0.5) is 13.2 Å². The average Bonchev–Trinajstić information content (AvgIpc) is 3.00. The summed E-state index contributed by atoms with van der Waals surface area (Å²) < 4.78 is 67.0. The summed E-state index contributed by atoms with van der Waals surface area (Å²) in [5, 5.41) is 0. The number of benzene rings is 2. The van der Waals surface area contributed by atoms with Crippen molar-refractivity contribution in [3.05, 3.63) is 60.5 Å². The molecular formula is C17H12F3NO3S. The SMILES string of the molecule is CS(=O)(=O)c1ccc(-c2nc(C(F)(F)F)oc2-c2ccccc2)cc1. The van der Waals surface area contributed by atoms with Crippen LogP contribution in [0.5, 0.6) is 0 Å². The van der Waals surface area contributed by atoms with Gasteiger partial charge in [0.2, 0.25) is 0 Å². The number of hydrogen-bond donors (Lipinski definition) is 0. The normalized spacial score (nSPS) is 12.3. The maximum atomic E-state index is 13.0. The highest BCUT2D eigenvalue weighted by Crippen LogP contribution is 2.38. The number of halogens is 3. The quantitative estimate of drug-likeness (QED) is 0.687. The predicted molar refractivity (Wildman–Crippen MR) is 85.5 cm³/mol. The van der Waals surface area contributed by atoms with Crippen molar-refractivity contribution in [2.75, 3.05) is 6.26 Å². The Kier molecular flexibility index (Phi) is 4.16. The maximum absolute atomic E-state index is 13.0. The molecule has 0 atom stereocenters. The predicted octanol–water partition coefficient (Wildman–Crippen LogP) is 4.43. The molecule has 0 saturated heterocycles. The molecule has 3 rings (SSSR count). The van der Waals surface area contributed by atoms with Crippen LogP contribution in [0.15, 0.2) is 63.9 Å². The van der Waals surface area contributed by atoms with Gasteiger partial charge >= 0.3 is 12.1 Å². The van der Waals surface area contributed by atoms with Crippen LogP contribution in [-0.4, -0.2) is 19.7 Å². The van der Waals surface area contributed by atoms with Crippen LogP contribution in [0.3, 0.4) is 0 Å². The number of oxazole rings is 1. The lowest BCUT2D eigenvalue weighted by Crippen LogP contribution is -2.04. The Hall–Kier alpha value is -2.61. The molecule has 0 spiro atoms. The summed E-state index contributed by atoms with van der Waals surface area (Å²) in [4.78, 5) is 3.65. The summed E-state index contributed by atoms with van der Waals surface area (Å²) in [5.74, 6) is -1.38. The Morgan fingerprint density at radius 2 is 1.52 bits per heavy atom. The third-order valence-electron chi connectivity index (χ3n) is 3.46. The molecule has 0 fully saturated rings. The van der Waals surface area contributed by atoms with Crippen LogP contribution in [0, 0.1) is 0 Å². The second-order valence-corrected chi connectivity index (χ2v) is 7.37. The number of sulfone groups is 1. The molecule has 25 heavy (non-hydrogen) atoms. The fourth-order valence-electron chi connectivity index (χ4n) is 2.28. The highest BCUT2D eigenvalue weighted by molar-refractivity contribution is 7.90. The lowest BCUT2D eigenvalue weighted by Gasteiger charge is -2.03. The van der Waals surface area contributed by atoms with Gasteiger partial charge in [0.25, 0.3) is 0 Å². The van der Waals surface area contributed by atoms with E-state index >= 15 is 0 Å². The molecule has 8 heteroatoms. The van der Waals surface area contributed by atoms with E-state index in [-0.39, 0.29) is 16.3 Å². The fraction of sp³-hybridized carbons (Fsp3) is 0.118. The van der Waals surface area contributed by atoms with E-state index in [1.54, 1.807) is 30.3 Å². The van der Waals surface area contributed by atoms with E-state index in [9.17, 15) is 21.6 Å². The first-order chi connectivity index (χ1) is 11.7. The second kappa shape index (κ2) is 6.03. The standard InChI is InChI=1S/C17H12F3NO3S/c1-25(22,23)13-9-7-11(8-10-13)14-15(12-5-3-2-4-6-12)24-16(21-14)17(18,19)20/h2-10H,1H3. The molecule has 1 aromatic heterocycles. The Morgan fingerprint density at radius 1 is 0.920 bits per heavy atom. The molecule has 0 aliphatic carbocycles. The first kappa shape index (κ1) is 17.2. The van der Waals surface area contributed by atoms with Crippen molar-refractivity contribution in [3.8, 4) is 22.6 Å². The molecule has 0 aliphatic rings. The van der Waals surface area contributed by atoms with Gasteiger partial charge in [-0.25, -0.2) is 13.4 Å². The molecule has 0 aliphatic heterocycles. The van der Waals surface area contributed by atoms with Crippen molar-refractivity contribution in [1.82, 2.24) is 4.98 Å². The van der Waals surface area contributed by atoms with E-state index in [1.165, 1.54) is 24.3 Å². The number of hydrogen-bond acceptors (Lipinski definition) is 4. The first-order valence-electron chi connectivity index (χ1n) is 7.10. The second-order valence-electron chi connectivity index (χ2n) is 5.36. The summed E-state index contributed by atoms with van der Waals surface area (Å²) in [6, 6.07) is 13.7. The van der Waals surface area contributed by atoms with Crippen LogP contribution in [0.2, 0.25) is 0 Å². The summed E-state index contributed by atoms with van der Waals surface area (Å²) in [6.45, 7) is 0. The van der Waals surface area contributed by atoms with E-state index < -0.39 is 21.9 Å². The van der Waals surface area contributed by atoms with Gasteiger partial charge in [-0.1, -0.05) is 42.5 Å². The Labute approximate surface area is 141 Å². The lowest BCUT2D eigenvalue weighted by molar-refractivity contribution is -0.156. The zero-order chi connectivity index (χ0) is 18.2. The lowest BCUT2D eigenvalue weighted by atomic mass is 10.1. The molecule has 1 heterocycles. The third kappa shape index (κ3) is 3.58. The molecule has 3 aromatic rings. The number of alkyl halides is 3. The smallest absolute Gasteiger partial charge is 0.432 e. The van der Waals surface area contributed by atoms with Gasteiger partial charge in [-0.3, -0.25) is 0 Å². The van der Waals surface area contributed by atoms with Gasteiger partial charge in [0.1, 0.15) is 5.69 Å². The maximum Gasteiger partial charge on any atom is 0.468 e. The fourth-order valence-corrected chi connectivity index (χ4v) is 2.91. The van der Waals surface area contributed by atoms with E-state index in [0.29, 0.717) is 11.1 Å². The molecule has 0 bridgehead atoms. The minimum atomic E-state index is -4.73. The molecule has 2 aromatic carbocycles. The monoisotopic (exact) mass is 367 g/mol. The molecule has 0 amide bonds. The topological polar surface area (TPSA) is 60.2 Å². The molecule has 130 valence electrons. The average molecular weight is 367 g/mol. The van der Waals surface area contributed by atoms with Gasteiger partial charge in [0.05, 0.1) is 4.90 Å². The zero-order valence-corrected chi connectivity index (χ0v) is 13.7. The minimum Gasteiger partial charge on any atom is -0.432 e. The Bertz CT molecular complexity index is 992. The van der Waals surface area contributed by atoms with Crippen molar-refractivity contribution in [1.29, 1.82) is 0 Å². The van der Waals surface area contributed by atoms with Gasteiger partial charge < -0.3 is 4.42 Å². The first-order valence-corrected chi connectivity index (χ1v) is 8.99. The molecule has 4 nitrogen and oxygen atoms in total. The van der Waals surface area contributed by atoms with Gasteiger partial charge in [0, 0.05) is 17.4 Å². The minimum absolute atomic E-state index is 0.00132. The summed E-state index contributed by atoms with van der Waals surface area (Å²) in [7, 11) is -3.41. The Morgan fingerprint density at radius 3 is 2.04 bits per heavy atom. The van der Waals surface area contributed by atoms with Crippen LogP contribution < -0.4 is 0 Å². The van der Waals surface area contributed by atoms with Crippen LogP contribution in [-0.2, 0) is 16.0 Å². The van der Waals surface area contributed by atoms with Gasteiger partial charge in [-0.2, -0.15) is 13.2 Å². The Balaban J connectivity index is 2.16. The number of aromatic nitrogens is 1. The van der Waals surface area contributed by atoms with Crippen molar-refractivity contribution < 1.29 is 26.0 Å². The summed E-state index contributed by atoms with van der Waals surface area (Å²) in [5.41, 5.74) is 0.761. The van der Waals surface area contributed by atoms with Crippen molar-refractivity contribution in [3.63, 3.8) is 0 Å². The molecular weight excluding hydrogens is 355 g/mol. The van der Waals surface area contributed by atoms with Crippen LogP contribution in [0.1, 0.15) is 5.89 Å². The number of nitrogens with zero attached hydrogens (tertiary/aromatic N) is 1. The molecule has 0 unspecified atom stereocenters. The van der Waals surface area contributed by atoms with Gasteiger partial charge in [-0.15, -0.1) is 0 Å². The number of rotatable bonds is 3. The van der Waals surface area contributed by atoms with Gasteiger partial charge in [0.15, 0.2) is 15.6 Å². The largest absolute Gasteiger partial charge is 0.468 e. The molecule has 0 N–H and O–H groups in total. The summed E-state index contributed by atoms with van der Waals surface area (Å²) >= 11 is 0.